The van der Waals surface area contributed by atoms with Gasteiger partial charge in [-0.3, -0.25) is 9.59 Å². The zero-order valence-electron chi connectivity index (χ0n) is 14.8. The van der Waals surface area contributed by atoms with Gasteiger partial charge in [0.1, 0.15) is 0 Å². The lowest BCUT2D eigenvalue weighted by molar-refractivity contribution is -0.114. The number of rotatable bonds is 8. The van der Waals surface area contributed by atoms with E-state index in [0.29, 0.717) is 5.69 Å². The SMILES string of the molecule is Cc1cccc(NC(=O)CSCC(=O)Nc2ccc(S(=O)(=O)C(F)F)cc2)c1. The Labute approximate surface area is 165 Å². The lowest BCUT2D eigenvalue weighted by Crippen LogP contribution is -2.18. The van der Waals surface area contributed by atoms with Crippen LogP contribution in [-0.4, -0.2) is 37.5 Å². The largest absolute Gasteiger partial charge is 0.341 e. The molecule has 0 saturated heterocycles. The fraction of sp³-hybridized carbons (Fsp3) is 0.222. The van der Waals surface area contributed by atoms with Gasteiger partial charge in [-0.05, 0) is 48.9 Å². The van der Waals surface area contributed by atoms with Gasteiger partial charge in [-0.15, -0.1) is 11.8 Å². The fourth-order valence-electron chi connectivity index (χ4n) is 2.18. The molecule has 0 saturated carbocycles. The first kappa shape index (κ1) is 21.8. The van der Waals surface area contributed by atoms with E-state index in [4.69, 9.17) is 0 Å². The van der Waals surface area contributed by atoms with Crippen LogP contribution in [0.1, 0.15) is 5.56 Å². The van der Waals surface area contributed by atoms with Crippen molar-refractivity contribution in [2.24, 2.45) is 0 Å². The van der Waals surface area contributed by atoms with Crippen LogP contribution in [-0.2, 0) is 19.4 Å². The maximum atomic E-state index is 12.5. The summed E-state index contributed by atoms with van der Waals surface area (Å²) in [5.41, 5.74) is 1.95. The zero-order valence-corrected chi connectivity index (χ0v) is 16.4. The molecule has 0 aromatic heterocycles. The molecule has 6 nitrogen and oxygen atoms in total. The summed E-state index contributed by atoms with van der Waals surface area (Å²) in [7, 11) is -4.67. The molecule has 0 fully saturated rings. The minimum Gasteiger partial charge on any atom is -0.325 e. The van der Waals surface area contributed by atoms with Gasteiger partial charge in [0.2, 0.25) is 21.7 Å². The van der Waals surface area contributed by atoms with E-state index < -0.39 is 26.4 Å². The Morgan fingerprint density at radius 3 is 2.07 bits per heavy atom. The molecule has 0 heterocycles. The number of hydrogen-bond acceptors (Lipinski definition) is 5. The van der Waals surface area contributed by atoms with E-state index in [9.17, 15) is 26.8 Å². The lowest BCUT2D eigenvalue weighted by Gasteiger charge is -2.08. The molecule has 2 amide bonds. The number of carbonyl (C=O) groups excluding carboxylic acids is 2. The number of hydrogen-bond donors (Lipinski definition) is 2. The summed E-state index contributed by atoms with van der Waals surface area (Å²) in [6.45, 7) is 1.91. The number of halogens is 2. The standard InChI is InChI=1S/C18H18F2N2O4S2/c1-12-3-2-4-14(9-12)22-17(24)11-27-10-16(23)21-13-5-7-15(8-6-13)28(25,26)18(19)20/h2-9,18H,10-11H2,1H3,(H,21,23)(H,22,24). The number of sulfone groups is 1. The van der Waals surface area contributed by atoms with Crippen molar-refractivity contribution in [1.29, 1.82) is 0 Å². The molecule has 28 heavy (non-hydrogen) atoms. The summed E-state index contributed by atoms with van der Waals surface area (Å²) in [6, 6.07) is 11.8. The van der Waals surface area contributed by atoms with Gasteiger partial charge in [0.05, 0.1) is 16.4 Å². The Balaban J connectivity index is 1.79. The molecule has 0 bridgehead atoms. The van der Waals surface area contributed by atoms with E-state index >= 15 is 0 Å². The number of amides is 2. The van der Waals surface area contributed by atoms with E-state index in [0.717, 1.165) is 29.5 Å². The van der Waals surface area contributed by atoms with Gasteiger partial charge in [0.15, 0.2) is 0 Å². The molecule has 0 aliphatic rings. The first-order valence-electron chi connectivity index (χ1n) is 8.05. The van der Waals surface area contributed by atoms with Gasteiger partial charge >= 0.3 is 5.76 Å². The monoisotopic (exact) mass is 428 g/mol. The molecule has 150 valence electrons. The molecule has 0 atom stereocenters. The maximum Gasteiger partial charge on any atom is 0.341 e. The van der Waals surface area contributed by atoms with E-state index in [1.54, 1.807) is 6.07 Å². The molecule has 0 unspecified atom stereocenters. The average molecular weight is 428 g/mol. The molecule has 0 radical (unpaired) electrons. The molecule has 2 rings (SSSR count). The summed E-state index contributed by atoms with van der Waals surface area (Å²) in [5.74, 6) is -4.08. The highest BCUT2D eigenvalue weighted by atomic mass is 32.2. The molecule has 2 N–H and O–H groups in total. The van der Waals surface area contributed by atoms with E-state index in [2.05, 4.69) is 10.6 Å². The summed E-state index contributed by atoms with van der Waals surface area (Å²) in [6.07, 6.45) is 0. The van der Waals surface area contributed by atoms with Crippen molar-refractivity contribution in [2.75, 3.05) is 22.1 Å². The Hall–Kier alpha value is -2.46. The van der Waals surface area contributed by atoms with Crippen molar-refractivity contribution >= 4 is 44.8 Å². The molecule has 10 heteroatoms. The van der Waals surface area contributed by atoms with Crippen LogP contribution in [0, 0.1) is 6.92 Å². The smallest absolute Gasteiger partial charge is 0.325 e. The number of thioether (sulfide) groups is 1. The van der Waals surface area contributed by atoms with Crippen LogP contribution in [0.15, 0.2) is 53.4 Å². The van der Waals surface area contributed by atoms with Crippen LogP contribution < -0.4 is 10.6 Å². The minimum atomic E-state index is -4.67. The molecule has 0 aliphatic carbocycles. The number of carbonyl (C=O) groups is 2. The third-order valence-corrected chi connectivity index (χ3v) is 5.80. The van der Waals surface area contributed by atoms with Crippen LogP contribution in [0.3, 0.4) is 0 Å². The second-order valence-electron chi connectivity index (χ2n) is 5.79. The second kappa shape index (κ2) is 9.65. The van der Waals surface area contributed by atoms with Crippen molar-refractivity contribution in [3.05, 3.63) is 54.1 Å². The molecular weight excluding hydrogens is 410 g/mol. The fourth-order valence-corrected chi connectivity index (χ4v) is 3.52. The Kier molecular flexibility index (Phi) is 7.53. The summed E-state index contributed by atoms with van der Waals surface area (Å²) < 4.78 is 47.6. The van der Waals surface area contributed by atoms with Crippen molar-refractivity contribution in [3.8, 4) is 0 Å². The van der Waals surface area contributed by atoms with Crippen LogP contribution >= 0.6 is 11.8 Å². The summed E-state index contributed by atoms with van der Waals surface area (Å²) in [5, 5.41) is 5.23. The first-order chi connectivity index (χ1) is 13.2. The van der Waals surface area contributed by atoms with Crippen molar-refractivity contribution < 1.29 is 26.8 Å². The van der Waals surface area contributed by atoms with Gasteiger partial charge < -0.3 is 10.6 Å². The maximum absolute atomic E-state index is 12.5. The highest BCUT2D eigenvalue weighted by Crippen LogP contribution is 2.20. The van der Waals surface area contributed by atoms with Gasteiger partial charge in [0, 0.05) is 11.4 Å². The van der Waals surface area contributed by atoms with Crippen molar-refractivity contribution in [3.63, 3.8) is 0 Å². The Morgan fingerprint density at radius 1 is 0.964 bits per heavy atom. The third kappa shape index (κ3) is 6.31. The van der Waals surface area contributed by atoms with Crippen molar-refractivity contribution in [1.82, 2.24) is 0 Å². The number of benzene rings is 2. The van der Waals surface area contributed by atoms with Crippen LogP contribution in [0.4, 0.5) is 20.2 Å². The van der Waals surface area contributed by atoms with Gasteiger partial charge in [0.25, 0.3) is 0 Å². The molecule has 2 aromatic rings. The number of nitrogens with one attached hydrogen (secondary N) is 2. The predicted molar refractivity (Wildman–Crippen MR) is 105 cm³/mol. The summed E-state index contributed by atoms with van der Waals surface area (Å²) >= 11 is 1.10. The Morgan fingerprint density at radius 2 is 1.54 bits per heavy atom. The van der Waals surface area contributed by atoms with Crippen LogP contribution in [0.25, 0.3) is 0 Å². The normalized spacial score (nSPS) is 11.3. The quantitative estimate of drug-likeness (QED) is 0.673. The van der Waals surface area contributed by atoms with Crippen LogP contribution in [0.5, 0.6) is 0 Å². The molecule has 0 spiro atoms. The van der Waals surface area contributed by atoms with Crippen molar-refractivity contribution in [2.45, 2.75) is 17.6 Å². The van der Waals surface area contributed by atoms with Gasteiger partial charge in [-0.25, -0.2) is 8.42 Å². The highest BCUT2D eigenvalue weighted by Gasteiger charge is 2.26. The molecular formula is C18H18F2N2O4S2. The molecule has 2 aromatic carbocycles. The minimum absolute atomic E-state index is 0.00167. The first-order valence-corrected chi connectivity index (χ1v) is 10.7. The number of anilines is 2. The highest BCUT2D eigenvalue weighted by molar-refractivity contribution is 8.00. The van der Waals surface area contributed by atoms with Gasteiger partial charge in [-0.2, -0.15) is 8.78 Å². The zero-order chi connectivity index (χ0) is 20.7. The van der Waals surface area contributed by atoms with E-state index in [1.165, 1.54) is 12.1 Å². The topological polar surface area (TPSA) is 92.3 Å². The third-order valence-electron chi connectivity index (χ3n) is 3.47. The predicted octanol–water partition coefficient (Wildman–Crippen LogP) is 3.30. The number of aryl methyl sites for hydroxylation is 1. The average Bonchev–Trinajstić information content (AvgIpc) is 2.62. The lowest BCUT2D eigenvalue weighted by atomic mass is 10.2. The number of alkyl halides is 2. The van der Waals surface area contributed by atoms with Crippen LogP contribution in [0.2, 0.25) is 0 Å². The van der Waals surface area contributed by atoms with E-state index in [1.807, 2.05) is 25.1 Å². The second-order valence-corrected chi connectivity index (χ2v) is 8.69. The summed E-state index contributed by atoms with van der Waals surface area (Å²) in [4.78, 5) is 23.2. The molecule has 0 aliphatic heterocycles. The Bertz CT molecular complexity index is 948. The van der Waals surface area contributed by atoms with Gasteiger partial charge in [-0.1, -0.05) is 12.1 Å². The van der Waals surface area contributed by atoms with E-state index in [-0.39, 0.29) is 23.1 Å².